The van der Waals surface area contributed by atoms with E-state index in [4.69, 9.17) is 9.84 Å². The van der Waals surface area contributed by atoms with Gasteiger partial charge in [0.25, 0.3) is 0 Å². The molecule has 0 aliphatic heterocycles. The van der Waals surface area contributed by atoms with Gasteiger partial charge in [0.2, 0.25) is 0 Å². The summed E-state index contributed by atoms with van der Waals surface area (Å²) < 4.78 is 5.43. The zero-order chi connectivity index (χ0) is 24.2. The number of benzene rings is 3. The van der Waals surface area contributed by atoms with Crippen molar-refractivity contribution in [2.75, 3.05) is 13.2 Å². The quantitative estimate of drug-likeness (QED) is 0.345. The smallest absolute Gasteiger partial charge is 0.407 e. The maximum Gasteiger partial charge on any atom is 0.407 e. The summed E-state index contributed by atoms with van der Waals surface area (Å²) in [4.78, 5) is 23.2. The molecule has 0 bridgehead atoms. The number of aromatic carboxylic acids is 1. The Morgan fingerprint density at radius 2 is 1.56 bits per heavy atom. The molecule has 8 heteroatoms. The number of aliphatic hydroxyl groups excluding tert-OH is 2. The van der Waals surface area contributed by atoms with Gasteiger partial charge >= 0.3 is 12.1 Å². The van der Waals surface area contributed by atoms with Crippen LogP contribution in [-0.2, 0) is 4.74 Å². The minimum Gasteiger partial charge on any atom is -0.508 e. The van der Waals surface area contributed by atoms with E-state index in [1.807, 2.05) is 48.5 Å². The fourth-order valence-corrected chi connectivity index (χ4v) is 4.26. The number of ether oxygens (including phenoxy) is 1. The Hall–Kier alpha value is -3.88. The van der Waals surface area contributed by atoms with Gasteiger partial charge in [0.15, 0.2) is 0 Å². The van der Waals surface area contributed by atoms with Gasteiger partial charge < -0.3 is 30.5 Å². The Morgan fingerprint density at radius 1 is 0.941 bits per heavy atom. The van der Waals surface area contributed by atoms with E-state index in [1.54, 1.807) is 0 Å². The Labute approximate surface area is 196 Å². The Kier molecular flexibility index (Phi) is 6.81. The second kappa shape index (κ2) is 9.94. The van der Waals surface area contributed by atoms with E-state index in [2.05, 4.69) is 5.32 Å². The Morgan fingerprint density at radius 3 is 2.15 bits per heavy atom. The van der Waals surface area contributed by atoms with Gasteiger partial charge in [0, 0.05) is 18.0 Å². The first-order valence-electron chi connectivity index (χ1n) is 10.9. The summed E-state index contributed by atoms with van der Waals surface area (Å²) in [6.07, 6.45) is -3.40. The summed E-state index contributed by atoms with van der Waals surface area (Å²) in [7, 11) is 0. The molecule has 1 aliphatic rings. The van der Waals surface area contributed by atoms with Crippen molar-refractivity contribution in [3.05, 3.63) is 89.0 Å². The molecule has 8 nitrogen and oxygen atoms in total. The molecule has 1 aliphatic carbocycles. The topological polar surface area (TPSA) is 136 Å². The van der Waals surface area contributed by atoms with Crippen LogP contribution in [0.3, 0.4) is 0 Å². The maximum atomic E-state index is 12.2. The van der Waals surface area contributed by atoms with Crippen molar-refractivity contribution in [1.82, 2.24) is 5.32 Å². The summed E-state index contributed by atoms with van der Waals surface area (Å²) in [5.41, 5.74) is 4.32. The third kappa shape index (κ3) is 4.73. The number of hydrogen-bond acceptors (Lipinski definition) is 6. The van der Waals surface area contributed by atoms with E-state index >= 15 is 0 Å². The van der Waals surface area contributed by atoms with E-state index in [9.17, 15) is 24.9 Å². The van der Waals surface area contributed by atoms with Crippen LogP contribution in [0.4, 0.5) is 4.79 Å². The number of fused-ring (bicyclic) bond motifs is 3. The molecule has 4 rings (SSSR count). The highest BCUT2D eigenvalue weighted by atomic mass is 16.5. The third-order valence-corrected chi connectivity index (χ3v) is 6.01. The van der Waals surface area contributed by atoms with Gasteiger partial charge in [-0.3, -0.25) is 0 Å². The molecule has 2 unspecified atom stereocenters. The van der Waals surface area contributed by atoms with Crippen LogP contribution in [0.15, 0.2) is 66.7 Å². The highest BCUT2D eigenvalue weighted by molar-refractivity contribution is 5.88. The number of hydrogen-bond donors (Lipinski definition) is 5. The van der Waals surface area contributed by atoms with Crippen LogP contribution in [0, 0.1) is 0 Å². The molecule has 176 valence electrons. The van der Waals surface area contributed by atoms with Gasteiger partial charge in [0.05, 0.1) is 11.7 Å². The summed E-state index contributed by atoms with van der Waals surface area (Å²) in [6, 6.07) is 19.5. The number of carboxylic acids is 1. The van der Waals surface area contributed by atoms with Crippen LogP contribution in [0.1, 0.15) is 45.5 Å². The molecule has 0 heterocycles. The standard InChI is InChI=1S/C26H25NO7/c28-22(24(30)20-10-9-15(25(31)32)13-23(20)29)11-12-27-26(33)34-14-21-18-7-3-1-5-16(18)17-6-2-4-8-19(17)21/h1-10,13,21-22,24,28-30H,11-12,14H2,(H,27,33)(H,31,32). The number of alkyl carbamates (subject to hydrolysis) is 1. The van der Waals surface area contributed by atoms with Crippen LogP contribution in [0.5, 0.6) is 5.75 Å². The fraction of sp³-hybridized carbons (Fsp3) is 0.231. The van der Waals surface area contributed by atoms with Crippen molar-refractivity contribution in [2.45, 2.75) is 24.5 Å². The lowest BCUT2D eigenvalue weighted by molar-refractivity contribution is 0.0123. The number of phenolic OH excluding ortho intramolecular Hbond substituents is 1. The first kappa shape index (κ1) is 23.3. The number of carbonyl (C=O) groups is 2. The molecule has 0 fully saturated rings. The zero-order valence-electron chi connectivity index (χ0n) is 18.2. The summed E-state index contributed by atoms with van der Waals surface area (Å²) in [5, 5.41) is 42.0. The molecular weight excluding hydrogens is 438 g/mol. The number of nitrogens with one attached hydrogen (secondary N) is 1. The molecule has 3 aromatic rings. The van der Waals surface area contributed by atoms with E-state index in [1.165, 1.54) is 12.1 Å². The van der Waals surface area contributed by atoms with Gasteiger partial charge in [-0.1, -0.05) is 54.6 Å². The minimum absolute atomic E-state index is 0.00126. The average Bonchev–Trinajstić information content (AvgIpc) is 3.16. The average molecular weight is 463 g/mol. The third-order valence-electron chi connectivity index (χ3n) is 6.01. The minimum atomic E-state index is -1.45. The molecule has 0 saturated heterocycles. The second-order valence-corrected chi connectivity index (χ2v) is 8.13. The highest BCUT2D eigenvalue weighted by Crippen LogP contribution is 2.44. The van der Waals surface area contributed by atoms with Gasteiger partial charge in [-0.15, -0.1) is 0 Å². The van der Waals surface area contributed by atoms with Crippen LogP contribution in [0.2, 0.25) is 0 Å². The van der Waals surface area contributed by atoms with Gasteiger partial charge in [0.1, 0.15) is 18.5 Å². The maximum absolute atomic E-state index is 12.2. The number of aromatic hydroxyl groups is 1. The van der Waals surface area contributed by atoms with Crippen LogP contribution >= 0.6 is 0 Å². The van der Waals surface area contributed by atoms with E-state index in [-0.39, 0.29) is 36.6 Å². The van der Waals surface area contributed by atoms with Crippen molar-refractivity contribution in [2.24, 2.45) is 0 Å². The number of rotatable bonds is 8. The van der Waals surface area contributed by atoms with Gasteiger partial charge in [-0.2, -0.15) is 0 Å². The molecule has 0 radical (unpaired) electrons. The normalized spacial score (nSPS) is 14.1. The molecular formula is C26H25NO7. The fourth-order valence-electron chi connectivity index (χ4n) is 4.26. The van der Waals surface area contributed by atoms with Crippen molar-refractivity contribution in [1.29, 1.82) is 0 Å². The lowest BCUT2D eigenvalue weighted by Crippen LogP contribution is -2.30. The number of phenols is 1. The van der Waals surface area contributed by atoms with Crippen molar-refractivity contribution >= 4 is 12.1 Å². The number of carboxylic acid groups (broad SMARTS) is 1. The van der Waals surface area contributed by atoms with Crippen molar-refractivity contribution in [3.63, 3.8) is 0 Å². The molecule has 1 amide bonds. The lowest BCUT2D eigenvalue weighted by atomic mass is 9.98. The van der Waals surface area contributed by atoms with Crippen LogP contribution in [0.25, 0.3) is 11.1 Å². The first-order chi connectivity index (χ1) is 16.4. The first-order valence-corrected chi connectivity index (χ1v) is 10.9. The van der Waals surface area contributed by atoms with Crippen LogP contribution in [-0.4, -0.2) is 51.7 Å². The van der Waals surface area contributed by atoms with E-state index in [0.29, 0.717) is 0 Å². The number of carbonyl (C=O) groups excluding carboxylic acids is 1. The lowest BCUT2D eigenvalue weighted by Gasteiger charge is -2.20. The van der Waals surface area contributed by atoms with Crippen molar-refractivity contribution < 1.29 is 34.8 Å². The largest absolute Gasteiger partial charge is 0.508 e. The summed E-state index contributed by atoms with van der Waals surface area (Å²) in [5.74, 6) is -1.72. The Bertz CT molecular complexity index is 1160. The SMILES string of the molecule is O=C(NCCC(O)C(O)c1ccc(C(=O)O)cc1O)OCC1c2ccccc2-c2ccccc21. The van der Waals surface area contributed by atoms with E-state index < -0.39 is 30.0 Å². The van der Waals surface area contributed by atoms with E-state index in [0.717, 1.165) is 28.3 Å². The monoisotopic (exact) mass is 463 g/mol. The second-order valence-electron chi connectivity index (χ2n) is 8.13. The highest BCUT2D eigenvalue weighted by Gasteiger charge is 2.29. The molecule has 5 N–H and O–H groups in total. The van der Waals surface area contributed by atoms with Crippen LogP contribution < -0.4 is 5.32 Å². The van der Waals surface area contributed by atoms with Gasteiger partial charge in [-0.05, 0) is 40.8 Å². The zero-order valence-corrected chi connectivity index (χ0v) is 18.2. The molecule has 2 atom stereocenters. The Balaban J connectivity index is 1.28. The number of aliphatic hydroxyl groups is 2. The summed E-state index contributed by atoms with van der Waals surface area (Å²) >= 11 is 0. The summed E-state index contributed by atoms with van der Waals surface area (Å²) in [6.45, 7) is 0.192. The predicted molar refractivity (Wildman–Crippen MR) is 124 cm³/mol. The molecule has 0 saturated carbocycles. The van der Waals surface area contributed by atoms with Gasteiger partial charge in [-0.25, -0.2) is 9.59 Å². The molecule has 0 aromatic heterocycles. The predicted octanol–water partition coefficient (Wildman–Crippen LogP) is 3.41. The van der Waals surface area contributed by atoms with Crippen molar-refractivity contribution in [3.8, 4) is 16.9 Å². The molecule has 3 aromatic carbocycles. The number of amides is 1. The molecule has 0 spiro atoms. The molecule has 34 heavy (non-hydrogen) atoms.